The van der Waals surface area contributed by atoms with Gasteiger partial charge in [0.25, 0.3) is 0 Å². The normalized spacial score (nSPS) is 13.0. The number of fused-ring (bicyclic) bond motifs is 3. The molecule has 2 heterocycles. The number of ether oxygens (including phenoxy) is 1. The van der Waals surface area contributed by atoms with Crippen molar-refractivity contribution in [1.82, 2.24) is 4.57 Å². The molecule has 1 N–H and O–H groups in total. The van der Waals surface area contributed by atoms with Gasteiger partial charge in [-0.15, -0.1) is 12.4 Å². The number of carboxylic acids is 1. The summed E-state index contributed by atoms with van der Waals surface area (Å²) in [6, 6.07) is 4.24. The van der Waals surface area contributed by atoms with Crippen LogP contribution in [0.25, 0.3) is 11.3 Å². The van der Waals surface area contributed by atoms with Gasteiger partial charge in [0.05, 0.1) is 10.6 Å². The summed E-state index contributed by atoms with van der Waals surface area (Å²) in [5.74, 6) is -0.799. The number of benzene rings is 1. The first-order valence-corrected chi connectivity index (χ1v) is 6.71. The summed E-state index contributed by atoms with van der Waals surface area (Å²) in [5.41, 5.74) is 1.25. The van der Waals surface area contributed by atoms with E-state index in [9.17, 15) is 9.18 Å². The van der Waals surface area contributed by atoms with Crippen LogP contribution >= 0.6 is 23.7 Å². The highest BCUT2D eigenvalue weighted by Crippen LogP contribution is 2.38. The Hall–Kier alpha value is -1.86. The van der Waals surface area contributed by atoms with E-state index in [0.29, 0.717) is 28.4 Å². The Morgan fingerprint density at radius 2 is 2.33 bits per heavy atom. The third-order valence-electron chi connectivity index (χ3n) is 3.02. The molecule has 8 heteroatoms. The lowest BCUT2D eigenvalue weighted by molar-refractivity contribution is -0.137. The predicted octanol–water partition coefficient (Wildman–Crippen LogP) is 2.29. The average Bonchev–Trinajstić information content (AvgIpc) is 2.76. The molecule has 112 valence electrons. The minimum absolute atomic E-state index is 0. The number of nitrogens with zero attached hydrogens (tertiary/aromatic N) is 2. The first kappa shape index (κ1) is 15.5. The van der Waals surface area contributed by atoms with Crippen molar-refractivity contribution in [3.63, 3.8) is 0 Å². The number of halogens is 2. The molecular weight excluding hydrogens is 319 g/mol. The first-order valence-electron chi connectivity index (χ1n) is 5.90. The van der Waals surface area contributed by atoms with Crippen LogP contribution in [0.1, 0.15) is 4.88 Å². The van der Waals surface area contributed by atoms with Crippen LogP contribution in [-0.4, -0.2) is 22.7 Å². The number of thiazole rings is 1. The lowest BCUT2D eigenvalue weighted by Crippen LogP contribution is -2.21. The molecule has 0 radical (unpaired) electrons. The van der Waals surface area contributed by atoms with Crippen molar-refractivity contribution < 1.29 is 19.0 Å². The number of rotatable bonds is 2. The van der Waals surface area contributed by atoms with Gasteiger partial charge in [0.15, 0.2) is 4.80 Å². The van der Waals surface area contributed by atoms with Crippen LogP contribution in [0, 0.1) is 5.82 Å². The molecular formula is C13H12ClFN2O3S. The Balaban J connectivity index is 0.00000161. The summed E-state index contributed by atoms with van der Waals surface area (Å²) in [4.78, 5) is 16.6. The largest absolute Gasteiger partial charge is 0.487 e. The van der Waals surface area contributed by atoms with Crippen LogP contribution < -0.4 is 9.54 Å². The molecule has 1 aliphatic rings. The third kappa shape index (κ3) is 2.66. The molecule has 0 spiro atoms. The van der Waals surface area contributed by atoms with E-state index in [0.717, 1.165) is 4.88 Å². The standard InChI is InChI=1S/C13H11FN2O3S.ClH/c1-15-13-16(5-11(17)18)12-8-4-7(14)2-3-9(8)19-6-10(12)20-13;/h2-4H,5-6H2,1H3,(H,17,18);1H. The van der Waals surface area contributed by atoms with Gasteiger partial charge >= 0.3 is 5.97 Å². The molecule has 5 nitrogen and oxygen atoms in total. The van der Waals surface area contributed by atoms with Crippen LogP contribution in [-0.2, 0) is 17.9 Å². The van der Waals surface area contributed by atoms with E-state index in [1.807, 2.05) is 0 Å². The molecule has 3 rings (SSSR count). The van der Waals surface area contributed by atoms with Crippen LogP contribution in [0.15, 0.2) is 23.2 Å². The molecule has 0 aliphatic carbocycles. The van der Waals surface area contributed by atoms with Gasteiger partial charge in [-0.3, -0.25) is 9.79 Å². The van der Waals surface area contributed by atoms with E-state index >= 15 is 0 Å². The monoisotopic (exact) mass is 330 g/mol. The highest BCUT2D eigenvalue weighted by molar-refractivity contribution is 7.09. The average molecular weight is 331 g/mol. The van der Waals surface area contributed by atoms with E-state index in [-0.39, 0.29) is 24.8 Å². The Morgan fingerprint density at radius 1 is 1.57 bits per heavy atom. The topological polar surface area (TPSA) is 63.8 Å². The van der Waals surface area contributed by atoms with Crippen molar-refractivity contribution in [3.8, 4) is 17.0 Å². The van der Waals surface area contributed by atoms with E-state index in [1.165, 1.54) is 23.5 Å². The van der Waals surface area contributed by atoms with Crippen molar-refractivity contribution >= 4 is 29.7 Å². The van der Waals surface area contributed by atoms with Crippen molar-refractivity contribution in [1.29, 1.82) is 0 Å². The highest BCUT2D eigenvalue weighted by atomic mass is 35.5. The van der Waals surface area contributed by atoms with Gasteiger partial charge in [-0.1, -0.05) is 11.3 Å². The van der Waals surface area contributed by atoms with Crippen LogP contribution in [0.2, 0.25) is 0 Å². The van der Waals surface area contributed by atoms with Gasteiger partial charge in [0.2, 0.25) is 0 Å². The first-order chi connectivity index (χ1) is 9.60. The second-order valence-electron chi connectivity index (χ2n) is 4.29. The molecule has 1 aromatic heterocycles. The van der Waals surface area contributed by atoms with E-state index in [1.54, 1.807) is 17.7 Å². The van der Waals surface area contributed by atoms with Gasteiger partial charge in [0, 0.05) is 12.6 Å². The van der Waals surface area contributed by atoms with Gasteiger partial charge < -0.3 is 14.4 Å². The molecule has 2 aromatic rings. The molecule has 0 saturated heterocycles. The quantitative estimate of drug-likeness (QED) is 0.919. The number of aromatic nitrogens is 1. The Kier molecular flexibility index (Phi) is 4.34. The Labute approximate surface area is 129 Å². The maximum atomic E-state index is 13.5. The van der Waals surface area contributed by atoms with E-state index in [2.05, 4.69) is 4.99 Å². The fourth-order valence-corrected chi connectivity index (χ4v) is 3.27. The summed E-state index contributed by atoms with van der Waals surface area (Å²) in [7, 11) is 1.60. The second kappa shape index (κ2) is 5.87. The van der Waals surface area contributed by atoms with E-state index < -0.39 is 5.97 Å². The minimum Gasteiger partial charge on any atom is -0.487 e. The summed E-state index contributed by atoms with van der Waals surface area (Å²) in [6.45, 7) is 0.127. The lowest BCUT2D eigenvalue weighted by atomic mass is 10.1. The molecule has 0 unspecified atom stereocenters. The van der Waals surface area contributed by atoms with Crippen molar-refractivity contribution in [2.75, 3.05) is 7.05 Å². The van der Waals surface area contributed by atoms with Gasteiger partial charge in [-0.25, -0.2) is 4.39 Å². The number of carboxylic acid groups (broad SMARTS) is 1. The number of carbonyl (C=O) groups is 1. The third-order valence-corrected chi connectivity index (χ3v) is 4.16. The summed E-state index contributed by atoms with van der Waals surface area (Å²) in [5, 5.41) is 9.05. The second-order valence-corrected chi connectivity index (χ2v) is 5.35. The smallest absolute Gasteiger partial charge is 0.323 e. The van der Waals surface area contributed by atoms with Crippen molar-refractivity contribution in [2.45, 2.75) is 13.2 Å². The van der Waals surface area contributed by atoms with E-state index in [4.69, 9.17) is 9.84 Å². The molecule has 0 bridgehead atoms. The van der Waals surface area contributed by atoms with Gasteiger partial charge in [0.1, 0.15) is 24.7 Å². The minimum atomic E-state index is -0.968. The highest BCUT2D eigenvalue weighted by Gasteiger charge is 2.25. The summed E-state index contributed by atoms with van der Waals surface area (Å²) < 4.78 is 20.6. The predicted molar refractivity (Wildman–Crippen MR) is 78.4 cm³/mol. The number of hydrogen-bond acceptors (Lipinski definition) is 4. The van der Waals surface area contributed by atoms with Gasteiger partial charge in [-0.05, 0) is 18.2 Å². The Bertz CT molecular complexity index is 769. The molecule has 1 aromatic carbocycles. The SMILES string of the molecule is CN=c1sc2c(n1CC(=O)O)-c1cc(F)ccc1OC2.Cl. The molecule has 0 saturated carbocycles. The lowest BCUT2D eigenvalue weighted by Gasteiger charge is -2.19. The molecule has 1 aliphatic heterocycles. The maximum Gasteiger partial charge on any atom is 0.323 e. The molecule has 0 amide bonds. The summed E-state index contributed by atoms with van der Waals surface area (Å²) >= 11 is 1.36. The molecule has 21 heavy (non-hydrogen) atoms. The maximum absolute atomic E-state index is 13.5. The van der Waals surface area contributed by atoms with Crippen LogP contribution in [0.4, 0.5) is 4.39 Å². The fourth-order valence-electron chi connectivity index (χ4n) is 2.26. The van der Waals surface area contributed by atoms with Crippen molar-refractivity contribution in [3.05, 3.63) is 33.7 Å². The van der Waals surface area contributed by atoms with Crippen LogP contribution in [0.5, 0.6) is 5.75 Å². The van der Waals surface area contributed by atoms with Crippen molar-refractivity contribution in [2.24, 2.45) is 4.99 Å². The summed E-state index contributed by atoms with van der Waals surface area (Å²) in [6.07, 6.45) is 0. The number of hydrogen-bond donors (Lipinski definition) is 1. The fraction of sp³-hybridized carbons (Fsp3) is 0.231. The molecule has 0 atom stereocenters. The van der Waals surface area contributed by atoms with Crippen LogP contribution in [0.3, 0.4) is 0 Å². The molecule has 0 fully saturated rings. The zero-order chi connectivity index (χ0) is 14.3. The zero-order valence-corrected chi connectivity index (χ0v) is 12.6. The Morgan fingerprint density at radius 3 is 3.00 bits per heavy atom. The number of aliphatic carboxylic acids is 1. The zero-order valence-electron chi connectivity index (χ0n) is 11.0. The van der Waals surface area contributed by atoms with Gasteiger partial charge in [-0.2, -0.15) is 0 Å².